The number of nitrogens with one attached hydrogen (secondary N) is 1. The molecule has 0 radical (unpaired) electrons. The molecule has 0 aliphatic rings. The van der Waals surface area contributed by atoms with Gasteiger partial charge in [0.05, 0.1) is 32.2 Å². The number of rotatable bonds is 7. The predicted octanol–water partition coefficient (Wildman–Crippen LogP) is 3.79. The lowest BCUT2D eigenvalue weighted by molar-refractivity contribution is -0.117. The average molecular weight is 346 g/mol. The lowest BCUT2D eigenvalue weighted by Gasteiger charge is -2.19. The summed E-state index contributed by atoms with van der Waals surface area (Å²) in [6.07, 6.45) is 3.11. The van der Waals surface area contributed by atoms with Crippen molar-refractivity contribution in [1.82, 2.24) is 4.90 Å². The molecule has 1 aromatic carbocycles. The summed E-state index contributed by atoms with van der Waals surface area (Å²) < 4.78 is 36.8. The fourth-order valence-electron chi connectivity index (χ4n) is 2.39. The van der Waals surface area contributed by atoms with Gasteiger partial charge in [-0.2, -0.15) is 0 Å². The predicted molar refractivity (Wildman–Crippen MR) is 86.5 cm³/mol. The third kappa shape index (κ3) is 4.77. The highest BCUT2D eigenvalue weighted by Crippen LogP contribution is 2.14. The number of furan rings is 2. The Morgan fingerprint density at radius 1 is 0.960 bits per heavy atom. The van der Waals surface area contributed by atoms with E-state index in [2.05, 4.69) is 5.32 Å². The summed E-state index contributed by atoms with van der Waals surface area (Å²) in [5.41, 5.74) is 0.194. The molecule has 0 aliphatic heterocycles. The number of anilines is 1. The van der Waals surface area contributed by atoms with E-state index >= 15 is 0 Å². The Bertz CT molecular complexity index is 781. The lowest BCUT2D eigenvalue weighted by Crippen LogP contribution is -2.32. The van der Waals surface area contributed by atoms with Crippen LogP contribution in [0.3, 0.4) is 0 Å². The first-order valence-corrected chi connectivity index (χ1v) is 7.62. The standard InChI is InChI=1S/C18H16F2N2O3/c19-16-6-5-13(9-17(16)20)21-18(23)12-22(10-14-3-1-7-24-14)11-15-4-2-8-25-15/h1-9H,10-12H2,(H,21,23). The first kappa shape index (κ1) is 16.9. The molecule has 0 saturated carbocycles. The van der Waals surface area contributed by atoms with Gasteiger partial charge in [-0.05, 0) is 36.4 Å². The van der Waals surface area contributed by atoms with Crippen LogP contribution in [-0.2, 0) is 17.9 Å². The molecule has 0 saturated heterocycles. The molecular formula is C18H16F2N2O3. The molecular weight excluding hydrogens is 330 g/mol. The largest absolute Gasteiger partial charge is 0.468 e. The van der Waals surface area contributed by atoms with Gasteiger partial charge >= 0.3 is 0 Å². The smallest absolute Gasteiger partial charge is 0.238 e. The molecule has 3 rings (SSSR count). The molecule has 1 N–H and O–H groups in total. The molecule has 5 nitrogen and oxygen atoms in total. The van der Waals surface area contributed by atoms with Gasteiger partial charge in [-0.1, -0.05) is 0 Å². The van der Waals surface area contributed by atoms with E-state index < -0.39 is 11.6 Å². The summed E-state index contributed by atoms with van der Waals surface area (Å²) in [7, 11) is 0. The molecule has 25 heavy (non-hydrogen) atoms. The number of hydrogen-bond acceptors (Lipinski definition) is 4. The van der Waals surface area contributed by atoms with Crippen LogP contribution >= 0.6 is 0 Å². The van der Waals surface area contributed by atoms with E-state index in [-0.39, 0.29) is 18.1 Å². The molecule has 0 spiro atoms. The van der Waals surface area contributed by atoms with Crippen LogP contribution in [0.2, 0.25) is 0 Å². The molecule has 0 bridgehead atoms. The van der Waals surface area contributed by atoms with E-state index in [1.165, 1.54) is 6.07 Å². The maximum atomic E-state index is 13.2. The summed E-state index contributed by atoms with van der Waals surface area (Å²) >= 11 is 0. The Kier molecular flexibility index (Phi) is 5.25. The fraction of sp³-hybridized carbons (Fsp3) is 0.167. The van der Waals surface area contributed by atoms with Gasteiger partial charge in [-0.3, -0.25) is 9.69 Å². The van der Waals surface area contributed by atoms with E-state index in [0.29, 0.717) is 24.6 Å². The zero-order chi connectivity index (χ0) is 17.6. The van der Waals surface area contributed by atoms with Gasteiger partial charge in [0.1, 0.15) is 11.5 Å². The van der Waals surface area contributed by atoms with Crippen LogP contribution in [0.4, 0.5) is 14.5 Å². The van der Waals surface area contributed by atoms with Gasteiger partial charge in [0.2, 0.25) is 5.91 Å². The molecule has 3 aromatic rings. The second kappa shape index (κ2) is 7.76. The summed E-state index contributed by atoms with van der Waals surface area (Å²) in [6, 6.07) is 10.4. The maximum Gasteiger partial charge on any atom is 0.238 e. The average Bonchev–Trinajstić information content (AvgIpc) is 3.25. The molecule has 0 atom stereocenters. The minimum atomic E-state index is -1.01. The third-order valence-electron chi connectivity index (χ3n) is 3.49. The van der Waals surface area contributed by atoms with Crippen LogP contribution in [0.25, 0.3) is 0 Å². The Morgan fingerprint density at radius 3 is 2.12 bits per heavy atom. The second-order valence-corrected chi connectivity index (χ2v) is 5.48. The lowest BCUT2D eigenvalue weighted by atomic mass is 10.3. The zero-order valence-electron chi connectivity index (χ0n) is 13.2. The minimum absolute atomic E-state index is 0.0282. The van der Waals surface area contributed by atoms with E-state index in [0.717, 1.165) is 12.1 Å². The van der Waals surface area contributed by atoms with Crippen molar-refractivity contribution in [2.75, 3.05) is 11.9 Å². The Balaban J connectivity index is 1.65. The van der Waals surface area contributed by atoms with Crippen molar-refractivity contribution >= 4 is 11.6 Å². The summed E-state index contributed by atoms with van der Waals surface area (Å²) in [5, 5.41) is 2.55. The number of nitrogens with zero attached hydrogens (tertiary/aromatic N) is 1. The molecule has 0 fully saturated rings. The summed E-state index contributed by atoms with van der Waals surface area (Å²) in [4.78, 5) is 14.1. The van der Waals surface area contributed by atoms with Crippen molar-refractivity contribution in [3.8, 4) is 0 Å². The van der Waals surface area contributed by atoms with Crippen LogP contribution in [0.15, 0.2) is 63.8 Å². The molecule has 2 aromatic heterocycles. The SMILES string of the molecule is O=C(CN(Cc1ccco1)Cc1ccco1)Nc1ccc(F)c(F)c1. The minimum Gasteiger partial charge on any atom is -0.468 e. The third-order valence-corrected chi connectivity index (χ3v) is 3.49. The van der Waals surface area contributed by atoms with Crippen molar-refractivity contribution < 1.29 is 22.4 Å². The number of carbonyl (C=O) groups excluding carboxylic acids is 1. The maximum absolute atomic E-state index is 13.2. The fourth-order valence-corrected chi connectivity index (χ4v) is 2.39. The van der Waals surface area contributed by atoms with Crippen molar-refractivity contribution in [3.63, 3.8) is 0 Å². The van der Waals surface area contributed by atoms with Gasteiger partial charge in [-0.25, -0.2) is 8.78 Å². The van der Waals surface area contributed by atoms with E-state index in [1.807, 2.05) is 17.0 Å². The monoisotopic (exact) mass is 346 g/mol. The number of amides is 1. The quantitative estimate of drug-likeness (QED) is 0.707. The highest BCUT2D eigenvalue weighted by molar-refractivity contribution is 5.92. The van der Waals surface area contributed by atoms with E-state index in [1.54, 1.807) is 24.7 Å². The van der Waals surface area contributed by atoms with Gasteiger partial charge < -0.3 is 14.2 Å². The summed E-state index contributed by atoms with van der Waals surface area (Å²) in [6.45, 7) is 0.832. The number of hydrogen-bond donors (Lipinski definition) is 1. The molecule has 7 heteroatoms. The van der Waals surface area contributed by atoms with Crippen molar-refractivity contribution in [3.05, 3.63) is 78.1 Å². The van der Waals surface area contributed by atoms with Crippen LogP contribution < -0.4 is 5.32 Å². The molecule has 2 heterocycles. The Hall–Kier alpha value is -2.93. The van der Waals surface area contributed by atoms with Gasteiger partial charge in [-0.15, -0.1) is 0 Å². The van der Waals surface area contributed by atoms with Crippen molar-refractivity contribution in [2.45, 2.75) is 13.1 Å². The Morgan fingerprint density at radius 2 is 1.60 bits per heavy atom. The first-order chi connectivity index (χ1) is 12.1. The van der Waals surface area contributed by atoms with Crippen molar-refractivity contribution in [1.29, 1.82) is 0 Å². The molecule has 1 amide bonds. The highest BCUT2D eigenvalue weighted by atomic mass is 19.2. The number of benzene rings is 1. The van der Waals surface area contributed by atoms with Crippen LogP contribution in [0.5, 0.6) is 0 Å². The highest BCUT2D eigenvalue weighted by Gasteiger charge is 2.15. The number of carbonyl (C=O) groups is 1. The van der Waals surface area contributed by atoms with Gasteiger partial charge in [0, 0.05) is 11.8 Å². The molecule has 0 aliphatic carbocycles. The molecule has 130 valence electrons. The zero-order valence-corrected chi connectivity index (χ0v) is 13.2. The summed E-state index contributed by atoms with van der Waals surface area (Å²) in [5.74, 6) is -0.931. The van der Waals surface area contributed by atoms with E-state index in [4.69, 9.17) is 8.83 Å². The van der Waals surface area contributed by atoms with Crippen molar-refractivity contribution in [2.24, 2.45) is 0 Å². The van der Waals surface area contributed by atoms with Gasteiger partial charge in [0.25, 0.3) is 0 Å². The molecule has 0 unspecified atom stereocenters. The second-order valence-electron chi connectivity index (χ2n) is 5.48. The van der Waals surface area contributed by atoms with Crippen LogP contribution in [0, 0.1) is 11.6 Å². The van der Waals surface area contributed by atoms with Crippen LogP contribution in [-0.4, -0.2) is 17.4 Å². The van der Waals surface area contributed by atoms with Gasteiger partial charge in [0.15, 0.2) is 11.6 Å². The topological polar surface area (TPSA) is 58.6 Å². The van der Waals surface area contributed by atoms with E-state index in [9.17, 15) is 13.6 Å². The normalized spacial score (nSPS) is 11.0. The number of halogens is 2. The van der Waals surface area contributed by atoms with Crippen LogP contribution in [0.1, 0.15) is 11.5 Å². The first-order valence-electron chi connectivity index (χ1n) is 7.62. The Labute approximate surface area is 142 Å².